The molecular formula is C19H22N2O6S. The Hall–Kier alpha value is -3.07. The van der Waals surface area contributed by atoms with E-state index in [2.05, 4.69) is 10.1 Å². The zero-order valence-electron chi connectivity index (χ0n) is 16.0. The number of sulfonamides is 1. The summed E-state index contributed by atoms with van der Waals surface area (Å²) in [6.07, 6.45) is 0.291. The number of rotatable bonds is 7. The fourth-order valence-electron chi connectivity index (χ4n) is 2.27. The zero-order valence-corrected chi connectivity index (χ0v) is 16.8. The first-order valence-corrected chi connectivity index (χ1v) is 10.2. The van der Waals surface area contributed by atoms with Gasteiger partial charge in [-0.05, 0) is 49.4 Å². The molecule has 1 amide bonds. The minimum absolute atomic E-state index is 0.319. The molecule has 0 aliphatic heterocycles. The highest BCUT2D eigenvalue weighted by atomic mass is 32.2. The van der Waals surface area contributed by atoms with E-state index in [9.17, 15) is 18.0 Å². The largest absolute Gasteiger partial charge is 0.481 e. The summed E-state index contributed by atoms with van der Waals surface area (Å²) in [5, 5.41) is 2.67. The van der Waals surface area contributed by atoms with Crippen LogP contribution < -0.4 is 14.4 Å². The molecule has 2 aromatic rings. The predicted octanol–water partition coefficient (Wildman–Crippen LogP) is 2.28. The van der Waals surface area contributed by atoms with E-state index < -0.39 is 28.0 Å². The van der Waals surface area contributed by atoms with Gasteiger partial charge in [-0.25, -0.2) is 13.2 Å². The van der Waals surface area contributed by atoms with Crippen molar-refractivity contribution in [3.63, 3.8) is 0 Å². The molecule has 0 radical (unpaired) electrons. The summed E-state index contributed by atoms with van der Waals surface area (Å²) in [5.41, 5.74) is 1.24. The van der Waals surface area contributed by atoms with Gasteiger partial charge in [0.2, 0.25) is 10.0 Å². The monoisotopic (exact) mass is 406 g/mol. The van der Waals surface area contributed by atoms with Crippen molar-refractivity contribution in [2.45, 2.75) is 13.0 Å². The normalized spacial score (nSPS) is 12.0. The summed E-state index contributed by atoms with van der Waals surface area (Å²) in [7, 11) is -0.628. The van der Waals surface area contributed by atoms with E-state index in [0.717, 1.165) is 10.6 Å². The summed E-state index contributed by atoms with van der Waals surface area (Å²) in [6.45, 7) is 1.58. The Labute approximate surface area is 164 Å². The molecular weight excluding hydrogens is 384 g/mol. The number of anilines is 2. The number of esters is 1. The van der Waals surface area contributed by atoms with Gasteiger partial charge in [-0.1, -0.05) is 6.07 Å². The molecule has 8 nitrogen and oxygen atoms in total. The maximum absolute atomic E-state index is 12.3. The Morgan fingerprint density at radius 3 is 2.32 bits per heavy atom. The van der Waals surface area contributed by atoms with E-state index in [4.69, 9.17) is 4.74 Å². The highest BCUT2D eigenvalue weighted by Gasteiger charge is 2.17. The number of carbonyl (C=O) groups is 2. The van der Waals surface area contributed by atoms with Crippen LogP contribution in [0, 0.1) is 0 Å². The van der Waals surface area contributed by atoms with Gasteiger partial charge in [0, 0.05) is 12.7 Å². The number of hydrogen-bond donors (Lipinski definition) is 1. The van der Waals surface area contributed by atoms with Crippen LogP contribution in [-0.2, 0) is 19.6 Å². The summed E-state index contributed by atoms with van der Waals surface area (Å²) >= 11 is 0. The molecule has 9 heteroatoms. The van der Waals surface area contributed by atoms with E-state index >= 15 is 0 Å². The summed E-state index contributed by atoms with van der Waals surface area (Å²) in [5.74, 6) is -0.490. The number of nitrogens with one attached hydrogen (secondary N) is 1. The molecule has 1 atom stereocenters. The van der Waals surface area contributed by atoms with Crippen LogP contribution in [0.25, 0.3) is 0 Å². The highest BCUT2D eigenvalue weighted by molar-refractivity contribution is 7.92. The van der Waals surface area contributed by atoms with Crippen LogP contribution in [0.4, 0.5) is 11.4 Å². The van der Waals surface area contributed by atoms with Crippen molar-refractivity contribution in [2.75, 3.05) is 30.0 Å². The van der Waals surface area contributed by atoms with Crippen LogP contribution in [0.15, 0.2) is 48.5 Å². The summed E-state index contributed by atoms with van der Waals surface area (Å²) in [6, 6.07) is 12.7. The van der Waals surface area contributed by atoms with Crippen LogP contribution in [0.5, 0.6) is 5.75 Å². The van der Waals surface area contributed by atoms with E-state index in [1.165, 1.54) is 20.2 Å². The van der Waals surface area contributed by atoms with E-state index in [0.29, 0.717) is 22.7 Å². The predicted molar refractivity (Wildman–Crippen MR) is 106 cm³/mol. The molecule has 0 aliphatic rings. The number of benzene rings is 2. The summed E-state index contributed by atoms with van der Waals surface area (Å²) < 4.78 is 34.5. The lowest BCUT2D eigenvalue weighted by Gasteiger charge is -2.18. The molecule has 1 N–H and O–H groups in total. The Balaban J connectivity index is 2.02. The van der Waals surface area contributed by atoms with Crippen molar-refractivity contribution >= 4 is 33.3 Å². The SMILES string of the molecule is COC(=O)c1cccc(NC(=O)[C@@H](C)Oc2ccc(N(C)S(C)(=O)=O)cc2)c1. The smallest absolute Gasteiger partial charge is 0.337 e. The fourth-order valence-corrected chi connectivity index (χ4v) is 2.77. The van der Waals surface area contributed by atoms with Crippen molar-refractivity contribution in [1.82, 2.24) is 0 Å². The Bertz CT molecular complexity index is 957. The Morgan fingerprint density at radius 2 is 1.75 bits per heavy atom. The second kappa shape index (κ2) is 8.75. The molecule has 0 spiro atoms. The minimum atomic E-state index is -3.36. The van der Waals surface area contributed by atoms with Gasteiger partial charge in [0.05, 0.1) is 24.6 Å². The number of amides is 1. The number of carbonyl (C=O) groups excluding carboxylic acids is 2. The molecule has 0 saturated carbocycles. The summed E-state index contributed by atoms with van der Waals surface area (Å²) in [4.78, 5) is 23.9. The molecule has 0 aliphatic carbocycles. The molecule has 0 aromatic heterocycles. The first-order chi connectivity index (χ1) is 13.1. The third-order valence-corrected chi connectivity index (χ3v) is 5.14. The lowest BCUT2D eigenvalue weighted by molar-refractivity contribution is -0.122. The number of nitrogens with zero attached hydrogens (tertiary/aromatic N) is 1. The molecule has 2 aromatic carbocycles. The molecule has 0 heterocycles. The molecule has 28 heavy (non-hydrogen) atoms. The van der Waals surface area contributed by atoms with Gasteiger partial charge < -0.3 is 14.8 Å². The van der Waals surface area contributed by atoms with Crippen molar-refractivity contribution in [1.29, 1.82) is 0 Å². The average Bonchev–Trinajstić information content (AvgIpc) is 2.66. The third kappa shape index (κ3) is 5.46. The maximum atomic E-state index is 12.3. The number of methoxy groups -OCH3 is 1. The van der Waals surface area contributed by atoms with E-state index in [-0.39, 0.29) is 0 Å². The number of ether oxygens (including phenoxy) is 2. The minimum Gasteiger partial charge on any atom is -0.481 e. The van der Waals surface area contributed by atoms with Gasteiger partial charge >= 0.3 is 5.97 Å². The quantitative estimate of drug-likeness (QED) is 0.708. The van der Waals surface area contributed by atoms with Gasteiger partial charge in [0.1, 0.15) is 5.75 Å². The van der Waals surface area contributed by atoms with E-state index in [1.54, 1.807) is 49.4 Å². The molecule has 0 fully saturated rings. The van der Waals surface area contributed by atoms with Gasteiger partial charge in [-0.15, -0.1) is 0 Å². The maximum Gasteiger partial charge on any atom is 0.337 e. The molecule has 0 bridgehead atoms. The van der Waals surface area contributed by atoms with Crippen molar-refractivity contribution in [2.24, 2.45) is 0 Å². The van der Waals surface area contributed by atoms with E-state index in [1.807, 2.05) is 0 Å². The van der Waals surface area contributed by atoms with Gasteiger partial charge in [0.25, 0.3) is 5.91 Å². The first-order valence-electron chi connectivity index (χ1n) is 8.31. The van der Waals surface area contributed by atoms with Crippen molar-refractivity contribution in [3.05, 3.63) is 54.1 Å². The third-order valence-electron chi connectivity index (χ3n) is 3.93. The second-order valence-corrected chi connectivity index (χ2v) is 8.06. The Morgan fingerprint density at radius 1 is 1.11 bits per heavy atom. The first kappa shape index (κ1) is 21.2. The highest BCUT2D eigenvalue weighted by Crippen LogP contribution is 2.21. The molecule has 2 rings (SSSR count). The average molecular weight is 406 g/mol. The lowest BCUT2D eigenvalue weighted by Crippen LogP contribution is -2.30. The van der Waals surface area contributed by atoms with Gasteiger partial charge in [-0.2, -0.15) is 0 Å². The lowest BCUT2D eigenvalue weighted by atomic mass is 10.2. The molecule has 0 saturated heterocycles. The van der Waals surface area contributed by atoms with Gasteiger partial charge in [0.15, 0.2) is 6.10 Å². The van der Waals surface area contributed by atoms with Crippen LogP contribution >= 0.6 is 0 Å². The Kier molecular flexibility index (Phi) is 6.63. The molecule has 150 valence electrons. The van der Waals surface area contributed by atoms with Crippen LogP contribution in [0.2, 0.25) is 0 Å². The van der Waals surface area contributed by atoms with Crippen LogP contribution in [-0.4, -0.2) is 46.8 Å². The topological polar surface area (TPSA) is 102 Å². The van der Waals surface area contributed by atoms with Gasteiger partial charge in [-0.3, -0.25) is 9.10 Å². The fraction of sp³-hybridized carbons (Fsp3) is 0.263. The standard InChI is InChI=1S/C19H22N2O6S/c1-13(18(22)20-15-7-5-6-14(12-15)19(23)26-3)27-17-10-8-16(9-11-17)21(2)28(4,24)25/h5-13H,1-4H3,(H,20,22)/t13-/m1/s1. The van der Waals surface area contributed by atoms with Crippen molar-refractivity contribution < 1.29 is 27.5 Å². The zero-order chi connectivity index (χ0) is 20.9. The molecule has 0 unspecified atom stereocenters. The number of hydrogen-bond acceptors (Lipinski definition) is 6. The van der Waals surface area contributed by atoms with Crippen molar-refractivity contribution in [3.8, 4) is 5.75 Å². The van der Waals surface area contributed by atoms with Crippen LogP contribution in [0.3, 0.4) is 0 Å². The second-order valence-electron chi connectivity index (χ2n) is 6.05. The van der Waals surface area contributed by atoms with Crippen LogP contribution in [0.1, 0.15) is 17.3 Å².